The fourth-order valence-electron chi connectivity index (χ4n) is 2.03. The number of amides is 2. The van der Waals surface area contributed by atoms with Gasteiger partial charge in [0.15, 0.2) is 0 Å². The Morgan fingerprint density at radius 3 is 2.50 bits per heavy atom. The summed E-state index contributed by atoms with van der Waals surface area (Å²) in [5, 5.41) is 13.8. The zero-order valence-corrected chi connectivity index (χ0v) is 13.7. The average molecular weight is 348 g/mol. The third kappa shape index (κ3) is 3.88. The molecule has 0 aliphatic rings. The summed E-state index contributed by atoms with van der Waals surface area (Å²) in [5.41, 5.74) is 0.245. The summed E-state index contributed by atoms with van der Waals surface area (Å²) in [5.74, 6) is -0.878. The van der Waals surface area contributed by atoms with Crippen molar-refractivity contribution in [3.63, 3.8) is 0 Å². The fourth-order valence-corrected chi connectivity index (χ4v) is 2.20. The van der Waals surface area contributed by atoms with E-state index in [-0.39, 0.29) is 22.2 Å². The van der Waals surface area contributed by atoms with Gasteiger partial charge in [0.05, 0.1) is 4.92 Å². The van der Waals surface area contributed by atoms with Gasteiger partial charge in [-0.05, 0) is 30.3 Å². The lowest BCUT2D eigenvalue weighted by atomic mass is 10.1. The van der Waals surface area contributed by atoms with Crippen LogP contribution in [0, 0.1) is 10.1 Å². The number of carbonyl (C=O) groups excluding carboxylic acids is 2. The summed E-state index contributed by atoms with van der Waals surface area (Å²) in [6, 6.07) is 10.1. The first-order chi connectivity index (χ1) is 11.3. The Morgan fingerprint density at radius 1 is 1.17 bits per heavy atom. The van der Waals surface area contributed by atoms with Gasteiger partial charge in [-0.1, -0.05) is 17.7 Å². The maximum atomic E-state index is 12.3. The molecule has 8 heteroatoms. The third-order valence-corrected chi connectivity index (χ3v) is 3.41. The van der Waals surface area contributed by atoms with Crippen LogP contribution < -0.4 is 5.32 Å². The quantitative estimate of drug-likeness (QED) is 0.679. The molecule has 2 rings (SSSR count). The molecule has 1 N–H and O–H groups in total. The van der Waals surface area contributed by atoms with Gasteiger partial charge in [-0.2, -0.15) is 0 Å². The third-order valence-electron chi connectivity index (χ3n) is 3.17. The van der Waals surface area contributed by atoms with E-state index in [1.807, 2.05) is 0 Å². The van der Waals surface area contributed by atoms with Crippen molar-refractivity contribution in [3.05, 3.63) is 68.7 Å². The Bertz CT molecular complexity index is 821. The SMILES string of the molecule is CN(C)C(=O)c1cccc(NC(=O)c2ccc(Cl)cc2[N+](=O)[O-])c1. The highest BCUT2D eigenvalue weighted by Crippen LogP contribution is 2.24. The van der Waals surface area contributed by atoms with Gasteiger partial charge in [-0.25, -0.2) is 0 Å². The Hall–Kier alpha value is -2.93. The number of carbonyl (C=O) groups is 2. The Balaban J connectivity index is 2.29. The van der Waals surface area contributed by atoms with E-state index in [2.05, 4.69) is 5.32 Å². The number of hydrogen-bond donors (Lipinski definition) is 1. The van der Waals surface area contributed by atoms with Crippen LogP contribution in [0.15, 0.2) is 42.5 Å². The van der Waals surface area contributed by atoms with Gasteiger partial charge >= 0.3 is 0 Å². The lowest BCUT2D eigenvalue weighted by Gasteiger charge is -2.12. The number of benzene rings is 2. The summed E-state index contributed by atoms with van der Waals surface area (Å²) in [6.07, 6.45) is 0. The minimum absolute atomic E-state index is 0.117. The van der Waals surface area contributed by atoms with Crippen LogP contribution in [0.5, 0.6) is 0 Å². The monoisotopic (exact) mass is 347 g/mol. The van der Waals surface area contributed by atoms with Gasteiger partial charge in [-0.15, -0.1) is 0 Å². The van der Waals surface area contributed by atoms with E-state index >= 15 is 0 Å². The lowest BCUT2D eigenvalue weighted by molar-refractivity contribution is -0.385. The van der Waals surface area contributed by atoms with E-state index in [1.165, 1.54) is 23.1 Å². The minimum Gasteiger partial charge on any atom is -0.345 e. The highest BCUT2D eigenvalue weighted by Gasteiger charge is 2.21. The minimum atomic E-state index is -0.674. The van der Waals surface area contributed by atoms with Crippen LogP contribution in [0.4, 0.5) is 11.4 Å². The molecular weight excluding hydrogens is 334 g/mol. The van der Waals surface area contributed by atoms with Gasteiger partial charge in [-0.3, -0.25) is 19.7 Å². The number of nitrogens with zero attached hydrogens (tertiary/aromatic N) is 2. The van der Waals surface area contributed by atoms with Crippen molar-refractivity contribution >= 4 is 34.8 Å². The molecule has 7 nitrogen and oxygen atoms in total. The van der Waals surface area contributed by atoms with Crippen LogP contribution in [0.3, 0.4) is 0 Å². The van der Waals surface area contributed by atoms with Crippen molar-refractivity contribution in [1.29, 1.82) is 0 Å². The number of nitro benzene ring substituents is 1. The zero-order chi connectivity index (χ0) is 17.9. The number of rotatable bonds is 4. The highest BCUT2D eigenvalue weighted by atomic mass is 35.5. The van der Waals surface area contributed by atoms with Gasteiger partial charge in [0.1, 0.15) is 5.56 Å². The van der Waals surface area contributed by atoms with Crippen molar-refractivity contribution in [2.45, 2.75) is 0 Å². The first kappa shape index (κ1) is 17.4. The predicted octanol–water partition coefficient (Wildman–Crippen LogP) is 3.20. The zero-order valence-electron chi connectivity index (χ0n) is 12.9. The Morgan fingerprint density at radius 2 is 1.88 bits per heavy atom. The second-order valence-electron chi connectivity index (χ2n) is 5.15. The normalized spacial score (nSPS) is 10.1. The summed E-state index contributed by atoms with van der Waals surface area (Å²) in [6.45, 7) is 0. The number of nitrogens with one attached hydrogen (secondary N) is 1. The molecule has 0 radical (unpaired) electrons. The molecule has 0 bridgehead atoms. The van der Waals surface area contributed by atoms with E-state index in [1.54, 1.807) is 32.3 Å². The number of nitro groups is 1. The van der Waals surface area contributed by atoms with Crippen LogP contribution in [-0.4, -0.2) is 35.7 Å². The molecule has 0 spiro atoms. The molecule has 2 aromatic carbocycles. The van der Waals surface area contributed by atoms with Crippen LogP contribution in [0.2, 0.25) is 5.02 Å². The van der Waals surface area contributed by atoms with E-state index in [0.29, 0.717) is 11.3 Å². The van der Waals surface area contributed by atoms with E-state index in [4.69, 9.17) is 11.6 Å². The second kappa shape index (κ2) is 7.10. The van der Waals surface area contributed by atoms with E-state index < -0.39 is 10.8 Å². The molecule has 0 unspecified atom stereocenters. The van der Waals surface area contributed by atoms with Crippen molar-refractivity contribution in [2.24, 2.45) is 0 Å². The number of anilines is 1. The maximum absolute atomic E-state index is 12.3. The summed E-state index contributed by atoms with van der Waals surface area (Å²) in [7, 11) is 3.23. The molecule has 2 amide bonds. The standard InChI is InChI=1S/C16H14ClN3O4/c1-19(2)16(22)10-4-3-5-12(8-10)18-15(21)13-7-6-11(17)9-14(13)20(23)24/h3-9H,1-2H3,(H,18,21). The van der Waals surface area contributed by atoms with Gasteiger partial charge < -0.3 is 10.2 Å². The number of halogens is 1. The molecule has 0 saturated heterocycles. The second-order valence-corrected chi connectivity index (χ2v) is 5.59. The maximum Gasteiger partial charge on any atom is 0.283 e. The molecule has 0 fully saturated rings. The first-order valence-electron chi connectivity index (χ1n) is 6.86. The summed E-state index contributed by atoms with van der Waals surface area (Å²) >= 11 is 5.73. The predicted molar refractivity (Wildman–Crippen MR) is 90.5 cm³/mol. The molecule has 0 atom stereocenters. The number of hydrogen-bond acceptors (Lipinski definition) is 4. The van der Waals surface area contributed by atoms with Crippen molar-refractivity contribution < 1.29 is 14.5 Å². The molecule has 0 aromatic heterocycles. The molecule has 2 aromatic rings. The Labute approximate surface area is 143 Å². The molecule has 24 heavy (non-hydrogen) atoms. The van der Waals surface area contributed by atoms with Gasteiger partial charge in [0.25, 0.3) is 17.5 Å². The molecule has 0 saturated carbocycles. The van der Waals surface area contributed by atoms with E-state index in [0.717, 1.165) is 6.07 Å². The van der Waals surface area contributed by atoms with Gasteiger partial charge in [0, 0.05) is 36.4 Å². The fraction of sp³-hybridized carbons (Fsp3) is 0.125. The molecular formula is C16H14ClN3O4. The van der Waals surface area contributed by atoms with Crippen LogP contribution in [-0.2, 0) is 0 Å². The summed E-state index contributed by atoms with van der Waals surface area (Å²) < 4.78 is 0. The molecule has 124 valence electrons. The topological polar surface area (TPSA) is 92.6 Å². The molecule has 0 aliphatic heterocycles. The van der Waals surface area contributed by atoms with Crippen LogP contribution in [0.25, 0.3) is 0 Å². The van der Waals surface area contributed by atoms with Gasteiger partial charge in [0.2, 0.25) is 0 Å². The largest absolute Gasteiger partial charge is 0.345 e. The summed E-state index contributed by atoms with van der Waals surface area (Å²) in [4.78, 5) is 36.1. The van der Waals surface area contributed by atoms with Crippen molar-refractivity contribution in [3.8, 4) is 0 Å². The Kier molecular flexibility index (Phi) is 5.15. The van der Waals surface area contributed by atoms with E-state index in [9.17, 15) is 19.7 Å². The molecule has 0 heterocycles. The lowest BCUT2D eigenvalue weighted by Crippen LogP contribution is -2.22. The average Bonchev–Trinajstić information content (AvgIpc) is 2.53. The first-order valence-corrected chi connectivity index (χ1v) is 7.24. The van der Waals surface area contributed by atoms with Crippen LogP contribution in [0.1, 0.15) is 20.7 Å². The van der Waals surface area contributed by atoms with Crippen LogP contribution >= 0.6 is 11.6 Å². The van der Waals surface area contributed by atoms with Crippen molar-refractivity contribution in [1.82, 2.24) is 4.90 Å². The molecule has 0 aliphatic carbocycles. The highest BCUT2D eigenvalue weighted by molar-refractivity contribution is 6.31. The smallest absolute Gasteiger partial charge is 0.283 e. The van der Waals surface area contributed by atoms with Crippen molar-refractivity contribution in [2.75, 3.05) is 19.4 Å².